The number of aryl methyl sites for hydroxylation is 2. The van der Waals surface area contributed by atoms with E-state index in [1.165, 1.54) is 11.1 Å². The number of halogens is 2. The quantitative estimate of drug-likeness (QED) is 0.503. The highest BCUT2D eigenvalue weighted by Crippen LogP contribution is 2.26. The molecule has 2 nitrogen and oxygen atoms in total. The summed E-state index contributed by atoms with van der Waals surface area (Å²) in [4.78, 5) is 0. The van der Waals surface area contributed by atoms with Crippen molar-refractivity contribution in [1.82, 2.24) is 0 Å². The number of anilines is 1. The average Bonchev–Trinajstić information content (AvgIpc) is 2.62. The van der Waals surface area contributed by atoms with E-state index in [2.05, 4.69) is 37.4 Å². The molecule has 0 unspecified atom stereocenters. The Morgan fingerprint density at radius 2 is 1.65 bits per heavy atom. The van der Waals surface area contributed by atoms with Crippen LogP contribution in [0.5, 0.6) is 5.75 Å². The van der Waals surface area contributed by atoms with Crippen molar-refractivity contribution >= 4 is 28.9 Å². The molecule has 0 bridgehead atoms. The predicted molar refractivity (Wildman–Crippen MR) is 110 cm³/mol. The molecule has 1 N–H and O–H groups in total. The van der Waals surface area contributed by atoms with Gasteiger partial charge in [0.05, 0.1) is 0 Å². The molecule has 0 heterocycles. The molecule has 0 fully saturated rings. The first-order valence-electron chi connectivity index (χ1n) is 8.48. The molecule has 26 heavy (non-hydrogen) atoms. The Morgan fingerprint density at radius 3 is 2.42 bits per heavy atom. The van der Waals surface area contributed by atoms with E-state index < -0.39 is 0 Å². The zero-order valence-corrected chi connectivity index (χ0v) is 16.4. The molecule has 0 saturated heterocycles. The summed E-state index contributed by atoms with van der Waals surface area (Å²) in [5.41, 5.74) is 5.66. The summed E-state index contributed by atoms with van der Waals surface area (Å²) in [6.45, 7) is 5.31. The summed E-state index contributed by atoms with van der Waals surface area (Å²) in [6, 6.07) is 19.7. The zero-order valence-electron chi connectivity index (χ0n) is 14.9. The molecule has 3 aromatic rings. The lowest BCUT2D eigenvalue weighted by atomic mass is 10.1. The van der Waals surface area contributed by atoms with Crippen molar-refractivity contribution in [3.63, 3.8) is 0 Å². The molecule has 0 aromatic heterocycles. The van der Waals surface area contributed by atoms with Crippen LogP contribution in [0, 0.1) is 13.8 Å². The maximum Gasteiger partial charge on any atom is 0.124 e. The van der Waals surface area contributed by atoms with E-state index in [4.69, 9.17) is 27.9 Å². The minimum absolute atomic E-state index is 0.457. The van der Waals surface area contributed by atoms with Crippen LogP contribution in [0.2, 0.25) is 10.0 Å². The maximum atomic E-state index is 6.18. The van der Waals surface area contributed by atoms with Crippen molar-refractivity contribution in [2.24, 2.45) is 0 Å². The van der Waals surface area contributed by atoms with Crippen LogP contribution >= 0.6 is 23.2 Å². The van der Waals surface area contributed by atoms with Gasteiger partial charge in [0.15, 0.2) is 0 Å². The molecule has 0 atom stereocenters. The Bertz CT molecular complexity index is 908. The van der Waals surface area contributed by atoms with Gasteiger partial charge in [-0.15, -0.1) is 0 Å². The summed E-state index contributed by atoms with van der Waals surface area (Å²) >= 11 is 12.2. The molecular weight excluding hydrogens is 365 g/mol. The summed E-state index contributed by atoms with van der Waals surface area (Å²) in [5, 5.41) is 4.84. The molecule has 4 heteroatoms. The van der Waals surface area contributed by atoms with E-state index in [0.717, 1.165) is 22.6 Å². The predicted octanol–water partition coefficient (Wildman–Crippen LogP) is 6.80. The maximum absolute atomic E-state index is 6.18. The lowest BCUT2D eigenvalue weighted by Crippen LogP contribution is -2.04. The van der Waals surface area contributed by atoms with Crippen LogP contribution in [-0.4, -0.2) is 0 Å². The first kappa shape index (κ1) is 18.6. The van der Waals surface area contributed by atoms with Gasteiger partial charge in [-0.3, -0.25) is 0 Å². The van der Waals surface area contributed by atoms with Gasteiger partial charge < -0.3 is 10.1 Å². The molecule has 0 amide bonds. The highest BCUT2D eigenvalue weighted by atomic mass is 35.5. The molecule has 0 saturated carbocycles. The number of benzene rings is 3. The molecule has 3 rings (SSSR count). The van der Waals surface area contributed by atoms with Crippen molar-refractivity contribution in [2.45, 2.75) is 27.0 Å². The minimum atomic E-state index is 0.457. The van der Waals surface area contributed by atoms with Crippen molar-refractivity contribution < 1.29 is 4.74 Å². The third-order valence-electron chi connectivity index (χ3n) is 4.30. The third kappa shape index (κ3) is 4.94. The number of rotatable bonds is 6. The Hall–Kier alpha value is -2.16. The number of ether oxygens (including phenoxy) is 1. The number of hydrogen-bond acceptors (Lipinski definition) is 2. The Morgan fingerprint density at radius 1 is 0.846 bits per heavy atom. The smallest absolute Gasteiger partial charge is 0.124 e. The molecule has 0 spiro atoms. The van der Waals surface area contributed by atoms with Crippen molar-refractivity contribution in [2.75, 3.05) is 5.32 Å². The highest BCUT2D eigenvalue weighted by molar-refractivity contribution is 6.30. The molecule has 0 aliphatic carbocycles. The van der Waals surface area contributed by atoms with Gasteiger partial charge in [-0.2, -0.15) is 0 Å². The summed E-state index contributed by atoms with van der Waals surface area (Å²) in [5.74, 6) is 0.811. The molecule has 0 aliphatic rings. The van der Waals surface area contributed by atoms with Gasteiger partial charge in [0, 0.05) is 27.8 Å². The standard InChI is InChI=1S/C22H21Cl2NO/c1-15-6-8-21(10-16(15)2)25-13-18-12-20(24)7-9-22(18)26-14-17-4-3-5-19(23)11-17/h3-12,25H,13-14H2,1-2H3. The number of hydrogen-bond donors (Lipinski definition) is 1. The van der Waals surface area contributed by atoms with Gasteiger partial charge in [0.1, 0.15) is 12.4 Å². The fourth-order valence-corrected chi connectivity index (χ4v) is 3.07. The largest absolute Gasteiger partial charge is 0.489 e. The van der Waals surface area contributed by atoms with Crippen LogP contribution in [0.25, 0.3) is 0 Å². The van der Waals surface area contributed by atoms with E-state index >= 15 is 0 Å². The Balaban J connectivity index is 1.71. The normalized spacial score (nSPS) is 10.6. The van der Waals surface area contributed by atoms with Crippen LogP contribution in [0.1, 0.15) is 22.3 Å². The minimum Gasteiger partial charge on any atom is -0.489 e. The second-order valence-electron chi connectivity index (χ2n) is 6.32. The van der Waals surface area contributed by atoms with Gasteiger partial charge in [-0.25, -0.2) is 0 Å². The van der Waals surface area contributed by atoms with Gasteiger partial charge >= 0.3 is 0 Å². The summed E-state index contributed by atoms with van der Waals surface area (Å²) < 4.78 is 6.01. The molecule has 3 aromatic carbocycles. The second kappa shape index (κ2) is 8.48. The van der Waals surface area contributed by atoms with Gasteiger partial charge in [0.25, 0.3) is 0 Å². The summed E-state index contributed by atoms with van der Waals surface area (Å²) in [6.07, 6.45) is 0. The van der Waals surface area contributed by atoms with Crippen LogP contribution < -0.4 is 10.1 Å². The van der Waals surface area contributed by atoms with Crippen LogP contribution in [0.15, 0.2) is 60.7 Å². The summed E-state index contributed by atoms with van der Waals surface area (Å²) in [7, 11) is 0. The SMILES string of the molecule is Cc1ccc(NCc2cc(Cl)ccc2OCc2cccc(Cl)c2)cc1C. The number of nitrogens with one attached hydrogen (secondary N) is 1. The molecule has 134 valence electrons. The highest BCUT2D eigenvalue weighted by Gasteiger charge is 2.07. The van der Waals surface area contributed by atoms with Crippen molar-refractivity contribution in [1.29, 1.82) is 0 Å². The van der Waals surface area contributed by atoms with Gasteiger partial charge in [0.2, 0.25) is 0 Å². The first-order chi connectivity index (χ1) is 12.5. The van der Waals surface area contributed by atoms with E-state index in [1.54, 1.807) is 0 Å². The molecule has 0 aliphatic heterocycles. The van der Waals surface area contributed by atoms with Crippen LogP contribution in [-0.2, 0) is 13.2 Å². The lowest BCUT2D eigenvalue weighted by Gasteiger charge is -2.14. The first-order valence-corrected chi connectivity index (χ1v) is 9.23. The Labute approximate surface area is 164 Å². The van der Waals surface area contributed by atoms with Crippen LogP contribution in [0.3, 0.4) is 0 Å². The van der Waals surface area contributed by atoms with E-state index in [1.807, 2.05) is 42.5 Å². The molecule has 0 radical (unpaired) electrons. The van der Waals surface area contributed by atoms with E-state index in [0.29, 0.717) is 23.2 Å². The zero-order chi connectivity index (χ0) is 18.5. The van der Waals surface area contributed by atoms with Gasteiger partial charge in [-0.1, -0.05) is 41.4 Å². The van der Waals surface area contributed by atoms with Crippen LogP contribution in [0.4, 0.5) is 5.69 Å². The fourth-order valence-electron chi connectivity index (χ4n) is 2.66. The average molecular weight is 386 g/mol. The van der Waals surface area contributed by atoms with Gasteiger partial charge in [-0.05, 0) is 73.0 Å². The fraction of sp³-hybridized carbons (Fsp3) is 0.182. The lowest BCUT2D eigenvalue weighted by molar-refractivity contribution is 0.303. The Kier molecular flexibility index (Phi) is 6.08. The molecular formula is C22H21Cl2NO. The second-order valence-corrected chi connectivity index (χ2v) is 7.20. The van der Waals surface area contributed by atoms with E-state index in [9.17, 15) is 0 Å². The van der Waals surface area contributed by atoms with Crippen molar-refractivity contribution in [3.05, 3.63) is 93.0 Å². The van der Waals surface area contributed by atoms with E-state index in [-0.39, 0.29) is 0 Å². The third-order valence-corrected chi connectivity index (χ3v) is 4.77. The topological polar surface area (TPSA) is 21.3 Å². The monoisotopic (exact) mass is 385 g/mol. The van der Waals surface area contributed by atoms with Crippen molar-refractivity contribution in [3.8, 4) is 5.75 Å².